The van der Waals surface area contributed by atoms with E-state index in [0.29, 0.717) is 11.0 Å². The molecule has 3 aliphatic rings. The van der Waals surface area contributed by atoms with Crippen molar-refractivity contribution in [3.8, 4) is 11.1 Å². The molecule has 2 aliphatic heterocycles. The zero-order valence-electron chi connectivity index (χ0n) is 20.3. The van der Waals surface area contributed by atoms with Gasteiger partial charge in [-0.3, -0.25) is 4.90 Å². The summed E-state index contributed by atoms with van der Waals surface area (Å²) in [5.41, 5.74) is -2.50. The van der Waals surface area contributed by atoms with Gasteiger partial charge in [0.1, 0.15) is 22.9 Å². The van der Waals surface area contributed by atoms with Crippen LogP contribution in [0.15, 0.2) is 54.5 Å². The molecule has 0 aromatic heterocycles. The van der Waals surface area contributed by atoms with Gasteiger partial charge in [0.15, 0.2) is 0 Å². The highest BCUT2D eigenvalue weighted by molar-refractivity contribution is 7.92. The summed E-state index contributed by atoms with van der Waals surface area (Å²) in [6, 6.07) is 7.26. The van der Waals surface area contributed by atoms with Gasteiger partial charge in [-0.25, -0.2) is 31.1 Å². The van der Waals surface area contributed by atoms with Gasteiger partial charge in [-0.2, -0.15) is 0 Å². The Kier molecular flexibility index (Phi) is 6.72. The maximum atomic E-state index is 15.8. The maximum absolute atomic E-state index is 15.8. The number of hydrogen-bond donors (Lipinski definition) is 1. The number of nitrogens with one attached hydrogen (secondary N) is 1. The van der Waals surface area contributed by atoms with Crippen LogP contribution in [-0.4, -0.2) is 48.8 Å². The number of carbonyl (C=O) groups excluding carboxylic acids is 1. The van der Waals surface area contributed by atoms with Gasteiger partial charge in [-0.1, -0.05) is 36.9 Å². The first-order chi connectivity index (χ1) is 16.7. The Morgan fingerprint density at radius 1 is 1.22 bits per heavy atom. The second-order valence-corrected chi connectivity index (χ2v) is 12.0. The molecule has 2 bridgehead atoms. The molecule has 3 fully saturated rings. The summed E-state index contributed by atoms with van der Waals surface area (Å²) < 4.78 is 78.7. The lowest BCUT2D eigenvalue weighted by Crippen LogP contribution is -2.77. The molecule has 1 aliphatic carbocycles. The third-order valence-electron chi connectivity index (χ3n) is 6.58. The number of nitrogens with zero attached hydrogens (tertiary/aromatic N) is 1. The summed E-state index contributed by atoms with van der Waals surface area (Å²) in [5, 5.41) is 0.645. The molecule has 6 nitrogen and oxygen atoms in total. The molecule has 2 atom stereocenters. The van der Waals surface area contributed by atoms with Crippen LogP contribution < -0.4 is 4.72 Å². The summed E-state index contributed by atoms with van der Waals surface area (Å²) in [7, 11) is -4.12. The van der Waals surface area contributed by atoms with Crippen LogP contribution >= 0.6 is 0 Å². The maximum Gasteiger partial charge on any atom is 0.410 e. The van der Waals surface area contributed by atoms with Gasteiger partial charge >= 0.3 is 6.09 Å². The number of amides is 1. The van der Waals surface area contributed by atoms with E-state index in [1.165, 1.54) is 4.90 Å². The average molecular weight is 523 g/mol. The number of hydrogen-bond acceptors (Lipinski definition) is 4. The van der Waals surface area contributed by atoms with E-state index in [0.717, 1.165) is 12.1 Å². The normalized spacial score (nSPS) is 25.7. The molecule has 10 heteroatoms. The third-order valence-corrected chi connectivity index (χ3v) is 7.61. The summed E-state index contributed by atoms with van der Waals surface area (Å²) in [5.74, 6) is -1.45. The molecule has 0 spiro atoms. The van der Waals surface area contributed by atoms with Crippen molar-refractivity contribution in [2.24, 2.45) is 0 Å². The van der Waals surface area contributed by atoms with E-state index in [9.17, 15) is 17.6 Å². The fourth-order valence-corrected chi connectivity index (χ4v) is 5.84. The number of halogens is 3. The topological polar surface area (TPSA) is 75.7 Å². The number of sulfonamides is 1. The zero-order valence-corrected chi connectivity index (χ0v) is 21.1. The van der Waals surface area contributed by atoms with Crippen molar-refractivity contribution in [1.29, 1.82) is 0 Å². The molecular formula is C26H29F3N2O4S. The minimum absolute atomic E-state index is 0.00794. The van der Waals surface area contributed by atoms with Crippen LogP contribution in [0.4, 0.5) is 18.0 Å². The quantitative estimate of drug-likeness (QED) is 0.573. The molecule has 1 amide bonds. The Hall–Kier alpha value is -2.85. The molecule has 1 N–H and O–H groups in total. The van der Waals surface area contributed by atoms with Crippen molar-refractivity contribution >= 4 is 16.1 Å². The molecule has 2 saturated heterocycles. The lowest BCUT2D eigenvalue weighted by molar-refractivity contribution is -0.131. The van der Waals surface area contributed by atoms with Gasteiger partial charge in [-0.15, -0.1) is 0 Å². The smallest absolute Gasteiger partial charge is 0.410 e. The minimum atomic E-state index is -4.12. The molecule has 1 saturated carbocycles. The Balaban J connectivity index is 1.79. The monoisotopic (exact) mass is 522 g/mol. The fraction of sp³-hybridized carbons (Fsp3) is 0.423. The highest BCUT2D eigenvalue weighted by atomic mass is 32.2. The second kappa shape index (κ2) is 9.23. The van der Waals surface area contributed by atoms with Crippen LogP contribution in [0.25, 0.3) is 11.1 Å². The van der Waals surface area contributed by atoms with E-state index in [1.54, 1.807) is 51.1 Å². The number of benzene rings is 2. The first kappa shape index (κ1) is 26.2. The molecule has 2 aromatic carbocycles. The molecule has 194 valence electrons. The Labute approximate surface area is 209 Å². The lowest BCUT2D eigenvalue weighted by Gasteiger charge is -2.60. The second-order valence-electron chi connectivity index (χ2n) is 10.4. The number of fused-ring (bicyclic) bond motifs is 2. The summed E-state index contributed by atoms with van der Waals surface area (Å²) in [6.45, 7) is 8.25. The van der Waals surface area contributed by atoms with Crippen molar-refractivity contribution in [1.82, 2.24) is 9.62 Å². The number of rotatable bonds is 6. The molecule has 5 rings (SSSR count). The molecule has 0 radical (unpaired) electrons. The first-order valence-electron chi connectivity index (χ1n) is 11.6. The van der Waals surface area contributed by atoms with E-state index in [-0.39, 0.29) is 30.4 Å². The lowest BCUT2D eigenvalue weighted by atomic mass is 9.64. The zero-order chi connectivity index (χ0) is 26.5. The predicted molar refractivity (Wildman–Crippen MR) is 130 cm³/mol. The molecule has 2 aromatic rings. The fourth-order valence-electron chi connectivity index (χ4n) is 5.02. The van der Waals surface area contributed by atoms with Crippen molar-refractivity contribution in [2.75, 3.05) is 0 Å². The van der Waals surface area contributed by atoms with E-state index < -0.39 is 57.1 Å². The summed E-state index contributed by atoms with van der Waals surface area (Å²) in [4.78, 5) is 14.5. The Bertz CT molecular complexity index is 1270. The van der Waals surface area contributed by atoms with E-state index in [1.807, 2.05) is 0 Å². The van der Waals surface area contributed by atoms with Crippen LogP contribution in [0.5, 0.6) is 0 Å². The van der Waals surface area contributed by atoms with Gasteiger partial charge < -0.3 is 4.74 Å². The molecule has 36 heavy (non-hydrogen) atoms. The van der Waals surface area contributed by atoms with Gasteiger partial charge in [0.05, 0.1) is 12.1 Å². The summed E-state index contributed by atoms with van der Waals surface area (Å²) >= 11 is 0. The van der Waals surface area contributed by atoms with Gasteiger partial charge in [0.25, 0.3) is 0 Å². The van der Waals surface area contributed by atoms with Crippen LogP contribution in [0.3, 0.4) is 0 Å². The number of carbonyl (C=O) groups is 1. The first-order valence-corrected chi connectivity index (χ1v) is 13.2. The van der Waals surface area contributed by atoms with E-state index >= 15 is 8.78 Å². The van der Waals surface area contributed by atoms with Crippen molar-refractivity contribution < 1.29 is 31.1 Å². The largest absolute Gasteiger partial charge is 0.444 e. The van der Waals surface area contributed by atoms with Crippen molar-refractivity contribution in [3.63, 3.8) is 0 Å². The van der Waals surface area contributed by atoms with Crippen molar-refractivity contribution in [3.05, 3.63) is 71.6 Å². The van der Waals surface area contributed by atoms with Crippen LogP contribution in [0.1, 0.15) is 39.2 Å². The van der Waals surface area contributed by atoms with Crippen LogP contribution in [-0.2, 0) is 21.2 Å². The number of piperidine rings is 2. The third kappa shape index (κ3) is 5.15. The number of alkyl halides is 1. The average Bonchev–Trinajstić information content (AvgIpc) is 2.76. The summed E-state index contributed by atoms with van der Waals surface area (Å²) in [6.07, 6.45) is -1.32. The highest BCUT2D eigenvalue weighted by Crippen LogP contribution is 2.50. The Morgan fingerprint density at radius 2 is 1.86 bits per heavy atom. The minimum Gasteiger partial charge on any atom is -0.444 e. The van der Waals surface area contributed by atoms with Crippen LogP contribution in [0.2, 0.25) is 0 Å². The molecule has 2 unspecified atom stereocenters. The molecule has 2 heterocycles. The van der Waals surface area contributed by atoms with Crippen molar-refractivity contribution in [2.45, 2.75) is 69.4 Å². The van der Waals surface area contributed by atoms with Crippen LogP contribution in [0, 0.1) is 11.6 Å². The SMILES string of the molecule is C=CS(=O)(=O)NC1C(Cc2cc(F)cc(-c3ccccc3)c2F)N(C(=O)OC(C)(C)C)C2CC1(F)C2. The number of ether oxygens (including phenoxy) is 1. The predicted octanol–water partition coefficient (Wildman–Crippen LogP) is 5.10. The highest BCUT2D eigenvalue weighted by Gasteiger charge is 2.64. The van der Waals surface area contributed by atoms with E-state index in [2.05, 4.69) is 11.3 Å². The van der Waals surface area contributed by atoms with E-state index in [4.69, 9.17) is 4.74 Å². The van der Waals surface area contributed by atoms with Gasteiger partial charge in [-0.05, 0) is 50.5 Å². The molecular weight excluding hydrogens is 493 g/mol. The standard InChI is InChI=1S/C26H29F3N2O4S/c1-5-36(33,34)30-23-21(31(19-14-26(23,29)15-19)24(32)35-25(2,3)4)12-17-11-18(27)13-20(22(17)28)16-9-7-6-8-10-16/h5-11,13,19,21,23,30H,1,12,14-15H2,2-4H3. The van der Waals surface area contributed by atoms with Gasteiger partial charge in [0, 0.05) is 29.9 Å². The Morgan fingerprint density at radius 3 is 2.44 bits per heavy atom. The van der Waals surface area contributed by atoms with Gasteiger partial charge in [0.2, 0.25) is 10.0 Å².